The van der Waals surface area contributed by atoms with Crippen molar-refractivity contribution in [2.24, 2.45) is 0 Å². The number of rotatable bonds is 4. The summed E-state index contributed by atoms with van der Waals surface area (Å²) in [6, 6.07) is 0. The zero-order chi connectivity index (χ0) is 7.98. The first-order chi connectivity index (χ1) is 4.66. The van der Waals surface area contributed by atoms with Gasteiger partial charge in [0.25, 0.3) is 0 Å². The Morgan fingerprint density at radius 3 is 2.70 bits per heavy atom. The quantitative estimate of drug-likeness (QED) is 0.368. The van der Waals surface area contributed by atoms with Crippen molar-refractivity contribution in [1.29, 1.82) is 0 Å². The Bertz CT molecular complexity index is 142. The van der Waals surface area contributed by atoms with E-state index in [1.165, 1.54) is 5.47 Å². The highest BCUT2D eigenvalue weighted by Gasteiger charge is 1.92. The lowest BCUT2D eigenvalue weighted by Crippen LogP contribution is -1.98. The molecule has 4 heteroatoms. The smallest absolute Gasteiger partial charge is 0.341 e. The minimum atomic E-state index is 0.755. The second-order valence-electron chi connectivity index (χ2n) is 2.44. The average Bonchev–Trinajstić information content (AvgIpc) is 1.87. The molecule has 0 fully saturated rings. The van der Waals surface area contributed by atoms with E-state index in [-0.39, 0.29) is 0 Å². The Balaban J connectivity index is 3.29. The van der Waals surface area contributed by atoms with Gasteiger partial charge in [0.2, 0.25) is 0 Å². The van der Waals surface area contributed by atoms with Gasteiger partial charge in [-0.25, -0.2) is 0 Å². The van der Waals surface area contributed by atoms with Gasteiger partial charge in [-0.15, -0.1) is 5.47 Å². The molecule has 0 unspecified atom stereocenters. The molecular weight excluding hydrogens is 121 g/mol. The average molecular weight is 134 g/mol. The van der Waals surface area contributed by atoms with Crippen molar-refractivity contribution in [3.05, 3.63) is 23.8 Å². The van der Waals surface area contributed by atoms with Gasteiger partial charge in [0, 0.05) is 5.66 Å². The zero-order valence-electron chi connectivity index (χ0n) is 7.11. The predicted octanol–water partition coefficient (Wildman–Crippen LogP) is -0.586. The van der Waals surface area contributed by atoms with Gasteiger partial charge in [-0.05, 0) is 13.2 Å². The van der Waals surface area contributed by atoms with E-state index in [0.717, 1.165) is 19.5 Å². The second-order valence-corrected chi connectivity index (χ2v) is 2.44. The monoisotopic (exact) mass is 134 g/mol. The summed E-state index contributed by atoms with van der Waals surface area (Å²) in [5.41, 5.74) is 2.16. The van der Waals surface area contributed by atoms with E-state index in [2.05, 4.69) is 20.5 Å². The molecule has 0 aliphatic carbocycles. The number of hydrogen-bond acceptors (Lipinski definition) is 1. The summed E-state index contributed by atoms with van der Waals surface area (Å²) in [4.78, 5) is 0. The van der Waals surface area contributed by atoms with E-state index in [0.29, 0.717) is 0 Å². The van der Waals surface area contributed by atoms with Gasteiger partial charge in [-0.3, -0.25) is 0 Å². The summed E-state index contributed by atoms with van der Waals surface area (Å²) < 4.78 is 5.18. The highest BCUT2D eigenvalue weighted by atomic mass is 16.4. The van der Waals surface area contributed by atoms with E-state index in [9.17, 15) is 0 Å². The summed E-state index contributed by atoms with van der Waals surface area (Å²) >= 11 is 0. The van der Waals surface area contributed by atoms with Gasteiger partial charge in [0.1, 0.15) is 7.85 Å². The molecule has 0 saturated carbocycles. The highest BCUT2D eigenvalue weighted by molar-refractivity contribution is 6.36. The molecule has 0 aliphatic heterocycles. The van der Waals surface area contributed by atoms with Gasteiger partial charge in [-0.1, -0.05) is 12.7 Å². The van der Waals surface area contributed by atoms with Crippen LogP contribution in [-0.4, -0.2) is 23.2 Å². The van der Waals surface area contributed by atoms with Crippen LogP contribution in [0, 0.1) is 0 Å². The molecule has 0 rings (SSSR count). The third-order valence-electron chi connectivity index (χ3n) is 1.34. The Labute approximate surface area is 65.6 Å². The van der Waals surface area contributed by atoms with Crippen molar-refractivity contribution in [2.45, 2.75) is 13.2 Å². The maximum absolute atomic E-state index is 5.18. The van der Waals surface area contributed by atoms with Crippen LogP contribution in [-0.2, 0) is 4.65 Å². The van der Waals surface area contributed by atoms with Crippen LogP contribution in [0.3, 0.4) is 0 Å². The summed E-state index contributed by atoms with van der Waals surface area (Å²) in [5.74, 6) is 0. The third kappa shape index (κ3) is 5.61. The standard InChI is InChI=1S/C6H13B3O/c1-3-6(8)4-9-10-5(2)7/h3,9H,2,4,7-8H2,1H3/b6-3-. The molecule has 0 amide bonds. The Hall–Kier alpha value is -0.525. The Morgan fingerprint density at radius 2 is 2.30 bits per heavy atom. The fourth-order valence-electron chi connectivity index (χ4n) is 0.531. The molecule has 0 atom stereocenters. The maximum atomic E-state index is 5.18. The van der Waals surface area contributed by atoms with E-state index in [1.807, 2.05) is 14.8 Å². The molecule has 0 radical (unpaired) electrons. The first-order valence-corrected chi connectivity index (χ1v) is 3.57. The molecule has 1 nitrogen and oxygen atoms in total. The molecule has 0 aromatic heterocycles. The lowest BCUT2D eigenvalue weighted by Gasteiger charge is -2.02. The molecule has 0 bridgehead atoms. The SMILES string of the molecule is BC(=C)OBC/C(B)=C/C. The number of allylic oxidation sites excluding steroid dienone is 2. The van der Waals surface area contributed by atoms with E-state index >= 15 is 0 Å². The van der Waals surface area contributed by atoms with Crippen molar-refractivity contribution in [3.63, 3.8) is 0 Å². The first-order valence-electron chi connectivity index (χ1n) is 3.57. The van der Waals surface area contributed by atoms with Gasteiger partial charge in [-0.2, -0.15) is 0 Å². The minimum Gasteiger partial charge on any atom is -0.575 e. The Kier molecular flexibility index (Phi) is 5.00. The van der Waals surface area contributed by atoms with Crippen LogP contribution >= 0.6 is 0 Å². The molecule has 0 aromatic rings. The van der Waals surface area contributed by atoms with Gasteiger partial charge in [0.15, 0.2) is 7.85 Å². The fourth-order valence-corrected chi connectivity index (χ4v) is 0.531. The predicted molar refractivity (Wildman–Crippen MR) is 53.0 cm³/mol. The highest BCUT2D eigenvalue weighted by Crippen LogP contribution is 1.96. The fraction of sp³-hybridized carbons (Fsp3) is 0.333. The number of hydrogen-bond donors (Lipinski definition) is 0. The van der Waals surface area contributed by atoms with Crippen LogP contribution in [0.1, 0.15) is 6.92 Å². The van der Waals surface area contributed by atoms with Crippen LogP contribution in [0.25, 0.3) is 0 Å². The lowest BCUT2D eigenvalue weighted by atomic mass is 9.79. The zero-order valence-corrected chi connectivity index (χ0v) is 7.11. The molecule has 0 spiro atoms. The van der Waals surface area contributed by atoms with Crippen molar-refractivity contribution >= 4 is 23.2 Å². The second kappa shape index (κ2) is 5.27. The van der Waals surface area contributed by atoms with Crippen LogP contribution in [0.2, 0.25) is 6.32 Å². The molecule has 10 heavy (non-hydrogen) atoms. The molecule has 52 valence electrons. The van der Waals surface area contributed by atoms with Crippen molar-refractivity contribution < 1.29 is 4.65 Å². The van der Waals surface area contributed by atoms with Crippen LogP contribution in [0.4, 0.5) is 0 Å². The van der Waals surface area contributed by atoms with Crippen molar-refractivity contribution in [2.75, 3.05) is 0 Å². The molecule has 0 aromatic carbocycles. The first kappa shape index (κ1) is 9.47. The topological polar surface area (TPSA) is 9.23 Å². The molecule has 0 saturated heterocycles. The minimum absolute atomic E-state index is 0.755. The van der Waals surface area contributed by atoms with E-state index < -0.39 is 0 Å². The maximum Gasteiger partial charge on any atom is 0.341 e. The Morgan fingerprint density at radius 1 is 1.70 bits per heavy atom. The van der Waals surface area contributed by atoms with E-state index in [1.54, 1.807) is 0 Å². The lowest BCUT2D eigenvalue weighted by molar-refractivity contribution is 0.497. The van der Waals surface area contributed by atoms with Gasteiger partial charge < -0.3 is 4.65 Å². The van der Waals surface area contributed by atoms with Crippen LogP contribution in [0.5, 0.6) is 0 Å². The summed E-state index contributed by atoms with van der Waals surface area (Å²) in [5, 5.41) is 0. The normalized spacial score (nSPS) is 10.7. The third-order valence-corrected chi connectivity index (χ3v) is 1.34. The van der Waals surface area contributed by atoms with Crippen molar-refractivity contribution in [1.82, 2.24) is 0 Å². The van der Waals surface area contributed by atoms with E-state index in [4.69, 9.17) is 4.65 Å². The van der Waals surface area contributed by atoms with Gasteiger partial charge >= 0.3 is 7.48 Å². The van der Waals surface area contributed by atoms with Crippen LogP contribution < -0.4 is 0 Å². The van der Waals surface area contributed by atoms with Crippen molar-refractivity contribution in [3.8, 4) is 0 Å². The van der Waals surface area contributed by atoms with Crippen LogP contribution in [0.15, 0.2) is 23.8 Å². The molecule has 0 heterocycles. The largest absolute Gasteiger partial charge is 0.575 e. The molecular formula is C6H13B3O. The summed E-state index contributed by atoms with van der Waals surface area (Å²) in [6.07, 6.45) is 3.10. The molecule has 0 aliphatic rings. The summed E-state index contributed by atoms with van der Waals surface area (Å²) in [6.45, 7) is 5.67. The molecule has 0 N–H and O–H groups in total. The van der Waals surface area contributed by atoms with Gasteiger partial charge in [0.05, 0.1) is 0 Å². The summed E-state index contributed by atoms with van der Waals surface area (Å²) in [7, 11) is 4.72.